The molecule has 1 aromatic carbocycles. The zero-order valence-electron chi connectivity index (χ0n) is 17.7. The molecule has 6 heteroatoms. The molecule has 1 aliphatic heterocycles. The highest BCUT2D eigenvalue weighted by Gasteiger charge is 2.44. The minimum atomic E-state index is -0.683. The van der Waals surface area contributed by atoms with Gasteiger partial charge in [0.2, 0.25) is 5.91 Å². The molecule has 0 aliphatic carbocycles. The van der Waals surface area contributed by atoms with Gasteiger partial charge in [0, 0.05) is 37.9 Å². The molecule has 0 radical (unpaired) electrons. The number of aryl methyl sites for hydroxylation is 3. The van der Waals surface area contributed by atoms with Crippen LogP contribution in [-0.2, 0) is 27.3 Å². The van der Waals surface area contributed by atoms with E-state index in [1.54, 1.807) is 6.20 Å². The number of hydrogen-bond donors (Lipinski definition) is 0. The molecule has 1 fully saturated rings. The number of benzene rings is 1. The first-order valence-electron chi connectivity index (χ1n) is 10.4. The largest absolute Gasteiger partial charge is 0.466 e. The summed E-state index contributed by atoms with van der Waals surface area (Å²) in [7, 11) is 0. The molecule has 1 aromatic heterocycles. The summed E-state index contributed by atoms with van der Waals surface area (Å²) in [6.07, 6.45) is 4.26. The molecule has 6 nitrogen and oxygen atoms in total. The Hall–Kier alpha value is -2.63. The third-order valence-corrected chi connectivity index (χ3v) is 5.89. The maximum absolute atomic E-state index is 13.0. The van der Waals surface area contributed by atoms with Crippen molar-refractivity contribution in [2.45, 2.75) is 53.0 Å². The molecule has 156 valence electrons. The van der Waals surface area contributed by atoms with E-state index < -0.39 is 5.41 Å². The van der Waals surface area contributed by atoms with Gasteiger partial charge in [-0.1, -0.05) is 24.3 Å². The summed E-state index contributed by atoms with van der Waals surface area (Å²) in [5.41, 5.74) is 2.66. The Morgan fingerprint density at radius 3 is 2.69 bits per heavy atom. The number of aromatic nitrogens is 2. The number of ether oxygens (including phenoxy) is 1. The van der Waals surface area contributed by atoms with Crippen LogP contribution in [-0.4, -0.2) is 46.3 Å². The minimum absolute atomic E-state index is 0.0676. The summed E-state index contributed by atoms with van der Waals surface area (Å²) in [5.74, 6) is -0.123. The molecule has 1 atom stereocenters. The van der Waals surface area contributed by atoms with Crippen LogP contribution in [0.4, 0.5) is 0 Å². The zero-order valence-corrected chi connectivity index (χ0v) is 17.7. The number of hydrogen-bond acceptors (Lipinski definition) is 4. The van der Waals surface area contributed by atoms with Gasteiger partial charge in [0.15, 0.2) is 0 Å². The fourth-order valence-corrected chi connectivity index (χ4v) is 4.18. The topological polar surface area (TPSA) is 64.4 Å². The van der Waals surface area contributed by atoms with Gasteiger partial charge in [-0.15, -0.1) is 0 Å². The van der Waals surface area contributed by atoms with Crippen LogP contribution in [0.15, 0.2) is 36.5 Å². The average Bonchev–Trinajstić information content (AvgIpc) is 3.13. The van der Waals surface area contributed by atoms with E-state index in [2.05, 4.69) is 24.2 Å². The second kappa shape index (κ2) is 9.25. The van der Waals surface area contributed by atoms with Crippen LogP contribution >= 0.6 is 0 Å². The lowest BCUT2D eigenvalue weighted by molar-refractivity contribution is -0.160. The molecule has 2 aromatic rings. The van der Waals surface area contributed by atoms with Crippen LogP contribution in [0.5, 0.6) is 0 Å². The quantitative estimate of drug-likeness (QED) is 0.673. The van der Waals surface area contributed by atoms with Gasteiger partial charge in [0.1, 0.15) is 0 Å². The Morgan fingerprint density at radius 1 is 1.21 bits per heavy atom. The predicted molar refractivity (Wildman–Crippen MR) is 111 cm³/mol. The molecule has 0 N–H and O–H groups in total. The summed E-state index contributed by atoms with van der Waals surface area (Å²) < 4.78 is 7.31. The van der Waals surface area contributed by atoms with Crippen LogP contribution in [0.1, 0.15) is 43.0 Å². The number of esters is 1. The zero-order chi connectivity index (χ0) is 20.9. The highest BCUT2D eigenvalue weighted by atomic mass is 16.5. The number of nitrogens with zero attached hydrogens (tertiary/aromatic N) is 3. The van der Waals surface area contributed by atoms with Crippen molar-refractivity contribution in [2.75, 3.05) is 19.7 Å². The van der Waals surface area contributed by atoms with Crippen molar-refractivity contribution in [3.05, 3.63) is 53.3 Å². The van der Waals surface area contributed by atoms with Gasteiger partial charge in [0.05, 0.1) is 12.0 Å². The van der Waals surface area contributed by atoms with Crippen molar-refractivity contribution >= 4 is 11.9 Å². The van der Waals surface area contributed by atoms with Crippen LogP contribution in [0.2, 0.25) is 0 Å². The number of carbonyl (C=O) groups is 2. The molecule has 29 heavy (non-hydrogen) atoms. The van der Waals surface area contributed by atoms with E-state index in [4.69, 9.17) is 4.74 Å². The second-order valence-corrected chi connectivity index (χ2v) is 7.97. The lowest BCUT2D eigenvalue weighted by Gasteiger charge is -2.41. The summed E-state index contributed by atoms with van der Waals surface area (Å²) >= 11 is 0. The predicted octanol–water partition coefficient (Wildman–Crippen LogP) is 3.30. The van der Waals surface area contributed by atoms with Crippen molar-refractivity contribution in [3.8, 4) is 0 Å². The molecule has 2 heterocycles. The first-order chi connectivity index (χ1) is 13.9. The van der Waals surface area contributed by atoms with Gasteiger partial charge < -0.3 is 9.64 Å². The molecular formula is C23H31N3O3. The first kappa shape index (κ1) is 21.1. The van der Waals surface area contributed by atoms with E-state index >= 15 is 0 Å². The Bertz CT molecular complexity index is 861. The molecule has 1 saturated heterocycles. The summed E-state index contributed by atoms with van der Waals surface area (Å²) in [6, 6.07) is 10.1. The van der Waals surface area contributed by atoms with Crippen LogP contribution in [0.25, 0.3) is 0 Å². The molecule has 0 bridgehead atoms. The van der Waals surface area contributed by atoms with E-state index in [0.717, 1.165) is 29.7 Å². The van der Waals surface area contributed by atoms with Crippen molar-refractivity contribution in [1.82, 2.24) is 14.7 Å². The van der Waals surface area contributed by atoms with Crippen molar-refractivity contribution in [3.63, 3.8) is 0 Å². The monoisotopic (exact) mass is 397 g/mol. The minimum Gasteiger partial charge on any atom is -0.466 e. The summed E-state index contributed by atoms with van der Waals surface area (Å²) in [6.45, 7) is 7.87. The normalized spacial score (nSPS) is 19.2. The maximum Gasteiger partial charge on any atom is 0.314 e. The van der Waals surface area contributed by atoms with Crippen LogP contribution in [0.3, 0.4) is 0 Å². The average molecular weight is 398 g/mol. The van der Waals surface area contributed by atoms with E-state index in [1.807, 2.05) is 41.6 Å². The van der Waals surface area contributed by atoms with Gasteiger partial charge in [0.25, 0.3) is 0 Å². The number of rotatable bonds is 7. The highest BCUT2D eigenvalue weighted by molar-refractivity contribution is 5.81. The highest BCUT2D eigenvalue weighted by Crippen LogP contribution is 2.36. The second-order valence-electron chi connectivity index (χ2n) is 7.97. The van der Waals surface area contributed by atoms with Gasteiger partial charge in [-0.3, -0.25) is 14.3 Å². The molecule has 1 amide bonds. The van der Waals surface area contributed by atoms with Gasteiger partial charge in [-0.25, -0.2) is 0 Å². The number of piperidine rings is 1. The Morgan fingerprint density at radius 2 is 2.00 bits per heavy atom. The van der Waals surface area contributed by atoms with Crippen LogP contribution < -0.4 is 0 Å². The van der Waals surface area contributed by atoms with Crippen LogP contribution in [0, 0.1) is 19.3 Å². The van der Waals surface area contributed by atoms with E-state index in [1.165, 1.54) is 0 Å². The Balaban J connectivity index is 1.76. The van der Waals surface area contributed by atoms with Crippen molar-refractivity contribution < 1.29 is 14.3 Å². The molecule has 1 aliphatic rings. The molecular weight excluding hydrogens is 366 g/mol. The Kier molecular flexibility index (Phi) is 6.72. The first-order valence-corrected chi connectivity index (χ1v) is 10.4. The smallest absolute Gasteiger partial charge is 0.314 e. The fourth-order valence-electron chi connectivity index (χ4n) is 4.18. The van der Waals surface area contributed by atoms with Gasteiger partial charge in [-0.2, -0.15) is 5.10 Å². The number of carbonyl (C=O) groups excluding carboxylic acids is 2. The van der Waals surface area contributed by atoms with Crippen molar-refractivity contribution in [1.29, 1.82) is 0 Å². The van der Waals surface area contributed by atoms with Gasteiger partial charge in [-0.05, 0) is 57.2 Å². The van der Waals surface area contributed by atoms with E-state index in [9.17, 15) is 9.59 Å². The fraction of sp³-hybridized carbons (Fsp3) is 0.522. The molecule has 0 spiro atoms. The van der Waals surface area contributed by atoms with E-state index in [0.29, 0.717) is 39.1 Å². The summed E-state index contributed by atoms with van der Waals surface area (Å²) in [4.78, 5) is 27.8. The Labute approximate surface area is 172 Å². The molecule has 0 unspecified atom stereocenters. The van der Waals surface area contributed by atoms with Gasteiger partial charge >= 0.3 is 5.97 Å². The lowest BCUT2D eigenvalue weighted by atomic mass is 9.74. The molecule has 0 saturated carbocycles. The van der Waals surface area contributed by atoms with Crippen molar-refractivity contribution in [2.24, 2.45) is 5.41 Å². The SMILES string of the molecule is CCOC(=O)[C@]1(Cc2ccccc2C)CCCN(C(=O)CCn2nccc2C)C1. The number of likely N-dealkylation sites (tertiary alicyclic amines) is 1. The molecule has 3 rings (SSSR count). The number of amides is 1. The maximum atomic E-state index is 13.0. The standard InChI is InChI=1S/C23H31N3O3/c1-4-29-22(28)23(16-20-9-6-5-8-18(20)2)12-7-14-25(17-23)21(27)11-15-26-19(3)10-13-24-26/h5-6,8-10,13H,4,7,11-12,14-17H2,1-3H3/t23-/m0/s1. The third kappa shape index (κ3) is 4.86. The lowest BCUT2D eigenvalue weighted by Crippen LogP contribution is -2.51. The summed E-state index contributed by atoms with van der Waals surface area (Å²) in [5, 5.41) is 4.25. The third-order valence-electron chi connectivity index (χ3n) is 5.89. The van der Waals surface area contributed by atoms with E-state index in [-0.39, 0.29) is 11.9 Å².